The van der Waals surface area contributed by atoms with Crippen LogP contribution >= 0.6 is 23.1 Å². The summed E-state index contributed by atoms with van der Waals surface area (Å²) < 4.78 is 29.1. The Hall–Kier alpha value is -1.95. The van der Waals surface area contributed by atoms with Crippen LogP contribution in [0, 0.1) is 0 Å². The molecule has 156 valence electrons. The Bertz CT molecular complexity index is 1100. The number of hydrogen-bond donors (Lipinski definition) is 1. The number of aryl methyl sites for hydroxylation is 1. The number of thioether (sulfide) groups is 1. The summed E-state index contributed by atoms with van der Waals surface area (Å²) in [6.45, 7) is 7.24. The van der Waals surface area contributed by atoms with E-state index < -0.39 is 10.0 Å². The van der Waals surface area contributed by atoms with Crippen LogP contribution in [0.15, 0.2) is 40.1 Å². The Morgan fingerprint density at radius 2 is 2.14 bits per heavy atom. The van der Waals surface area contributed by atoms with Gasteiger partial charge in [-0.1, -0.05) is 36.1 Å². The molecule has 0 aliphatic rings. The average Bonchev–Trinajstić information content (AvgIpc) is 3.29. The van der Waals surface area contributed by atoms with Gasteiger partial charge >= 0.3 is 0 Å². The minimum absolute atomic E-state index is 0.248. The van der Waals surface area contributed by atoms with Crippen molar-refractivity contribution in [2.75, 3.05) is 26.0 Å². The number of nitrogens with one attached hydrogen (secondary N) is 1. The highest BCUT2D eigenvalue weighted by Crippen LogP contribution is 2.30. The van der Waals surface area contributed by atoms with Crippen molar-refractivity contribution in [3.05, 3.63) is 36.7 Å². The van der Waals surface area contributed by atoms with E-state index in [1.165, 1.54) is 29.7 Å². The van der Waals surface area contributed by atoms with Gasteiger partial charge in [-0.15, -0.1) is 16.8 Å². The zero-order valence-electron chi connectivity index (χ0n) is 16.6. The number of hydrogen-bond acceptors (Lipinski definition) is 8. The maximum absolute atomic E-state index is 12.4. The largest absolute Gasteiger partial charge is 0.357 e. The maximum atomic E-state index is 12.4. The van der Waals surface area contributed by atoms with Gasteiger partial charge in [0.15, 0.2) is 4.34 Å². The zero-order chi connectivity index (χ0) is 21.0. The van der Waals surface area contributed by atoms with Crippen molar-refractivity contribution in [3.63, 3.8) is 0 Å². The SMILES string of the molecule is C=CCNc1nnc(SCc2nc3cc(S(=O)(=O)N(C)C)ccc3n2CCC)s1. The van der Waals surface area contributed by atoms with Crippen LogP contribution in [0.25, 0.3) is 11.0 Å². The van der Waals surface area contributed by atoms with Gasteiger partial charge in [0.1, 0.15) is 5.82 Å². The highest BCUT2D eigenvalue weighted by Gasteiger charge is 2.20. The Balaban J connectivity index is 1.87. The predicted molar refractivity (Wildman–Crippen MR) is 119 cm³/mol. The van der Waals surface area contributed by atoms with Crippen LogP contribution < -0.4 is 5.32 Å². The quantitative estimate of drug-likeness (QED) is 0.372. The van der Waals surface area contributed by atoms with E-state index in [1.54, 1.807) is 30.0 Å². The fraction of sp³-hybridized carbons (Fsp3) is 0.389. The number of imidazole rings is 1. The first-order chi connectivity index (χ1) is 13.9. The first-order valence-electron chi connectivity index (χ1n) is 9.09. The monoisotopic (exact) mass is 452 g/mol. The van der Waals surface area contributed by atoms with Crippen LogP contribution in [0.2, 0.25) is 0 Å². The standard InChI is InChI=1S/C18H24N6O2S3/c1-5-9-19-17-21-22-18(28-17)27-12-16-20-14-11-13(29(25,26)23(3)4)7-8-15(14)24(16)10-6-2/h5,7-8,11H,1,6,9-10,12H2,2-4H3,(H,19,21). The van der Waals surface area contributed by atoms with Crippen LogP contribution in [0.1, 0.15) is 19.2 Å². The maximum Gasteiger partial charge on any atom is 0.242 e. The Morgan fingerprint density at radius 1 is 1.34 bits per heavy atom. The lowest BCUT2D eigenvalue weighted by Gasteiger charge is -2.11. The summed E-state index contributed by atoms with van der Waals surface area (Å²) in [5, 5.41) is 12.2. The molecule has 0 aliphatic carbocycles. The highest BCUT2D eigenvalue weighted by molar-refractivity contribution is 8.00. The van der Waals surface area contributed by atoms with E-state index in [-0.39, 0.29) is 4.90 Å². The van der Waals surface area contributed by atoms with Gasteiger partial charge < -0.3 is 9.88 Å². The minimum Gasteiger partial charge on any atom is -0.357 e. The van der Waals surface area contributed by atoms with Gasteiger partial charge in [0.05, 0.1) is 21.7 Å². The molecule has 8 nitrogen and oxygen atoms in total. The zero-order valence-corrected chi connectivity index (χ0v) is 19.1. The molecule has 2 heterocycles. The van der Waals surface area contributed by atoms with E-state index >= 15 is 0 Å². The van der Waals surface area contributed by atoms with Gasteiger partial charge in [-0.25, -0.2) is 17.7 Å². The number of rotatable bonds is 10. The van der Waals surface area contributed by atoms with E-state index in [2.05, 4.69) is 33.6 Å². The minimum atomic E-state index is -3.50. The van der Waals surface area contributed by atoms with Crippen LogP contribution in [0.3, 0.4) is 0 Å². The first kappa shape index (κ1) is 21.8. The molecule has 29 heavy (non-hydrogen) atoms. The molecule has 3 aromatic rings. The molecule has 0 bridgehead atoms. The molecule has 0 saturated carbocycles. The lowest BCUT2D eigenvalue weighted by Crippen LogP contribution is -2.22. The molecule has 2 aromatic heterocycles. The highest BCUT2D eigenvalue weighted by atomic mass is 32.2. The molecule has 0 saturated heterocycles. The summed E-state index contributed by atoms with van der Waals surface area (Å²) in [5.74, 6) is 1.52. The number of nitrogens with zero attached hydrogens (tertiary/aromatic N) is 5. The van der Waals surface area contributed by atoms with Gasteiger partial charge in [0, 0.05) is 27.2 Å². The molecule has 1 aromatic carbocycles. The van der Waals surface area contributed by atoms with Gasteiger partial charge in [0.25, 0.3) is 0 Å². The molecule has 0 atom stereocenters. The van der Waals surface area contributed by atoms with Crippen molar-refractivity contribution in [2.24, 2.45) is 0 Å². The van der Waals surface area contributed by atoms with E-state index in [9.17, 15) is 8.42 Å². The summed E-state index contributed by atoms with van der Waals surface area (Å²) in [4.78, 5) is 4.97. The van der Waals surface area contributed by atoms with Gasteiger partial charge in [-0.2, -0.15) is 0 Å². The lowest BCUT2D eigenvalue weighted by molar-refractivity contribution is 0.521. The van der Waals surface area contributed by atoms with Crippen molar-refractivity contribution >= 4 is 49.3 Å². The number of sulfonamides is 1. The summed E-state index contributed by atoms with van der Waals surface area (Å²) in [6.07, 6.45) is 2.72. The fourth-order valence-electron chi connectivity index (χ4n) is 2.74. The van der Waals surface area contributed by atoms with E-state index in [4.69, 9.17) is 4.98 Å². The van der Waals surface area contributed by atoms with Gasteiger partial charge in [0.2, 0.25) is 15.2 Å². The molecule has 1 N–H and O–H groups in total. The van der Waals surface area contributed by atoms with E-state index in [1.807, 2.05) is 6.07 Å². The average molecular weight is 453 g/mol. The molecule has 0 aliphatic heterocycles. The Labute approximate surface area is 179 Å². The van der Waals surface area contributed by atoms with Crippen molar-refractivity contribution in [1.29, 1.82) is 0 Å². The molecule has 3 rings (SSSR count). The third-order valence-electron chi connectivity index (χ3n) is 4.15. The molecule has 0 radical (unpaired) electrons. The third kappa shape index (κ3) is 4.80. The molecular formula is C18H24N6O2S3. The molecule has 0 unspecified atom stereocenters. The number of aromatic nitrogens is 4. The fourth-order valence-corrected chi connectivity index (χ4v) is 5.37. The molecule has 0 amide bonds. The second-order valence-electron chi connectivity index (χ2n) is 6.45. The lowest BCUT2D eigenvalue weighted by atomic mass is 10.3. The second kappa shape index (κ2) is 9.24. The topological polar surface area (TPSA) is 93.0 Å². The van der Waals surface area contributed by atoms with Crippen molar-refractivity contribution in [2.45, 2.75) is 34.9 Å². The summed E-state index contributed by atoms with van der Waals surface area (Å²) >= 11 is 3.05. The van der Waals surface area contributed by atoms with Gasteiger partial charge in [-0.3, -0.25) is 0 Å². The summed E-state index contributed by atoms with van der Waals surface area (Å²) in [7, 11) is -0.446. The van der Waals surface area contributed by atoms with Crippen molar-refractivity contribution in [1.82, 2.24) is 24.1 Å². The third-order valence-corrected chi connectivity index (χ3v) is 7.97. The second-order valence-corrected chi connectivity index (χ2v) is 10.8. The Morgan fingerprint density at radius 3 is 2.83 bits per heavy atom. The van der Waals surface area contributed by atoms with Crippen LogP contribution in [0.5, 0.6) is 0 Å². The number of benzene rings is 1. The number of fused-ring (bicyclic) bond motifs is 1. The molecule has 0 spiro atoms. The molecule has 0 fully saturated rings. The van der Waals surface area contributed by atoms with Gasteiger partial charge in [-0.05, 0) is 24.6 Å². The van der Waals surface area contributed by atoms with Crippen LogP contribution in [-0.2, 0) is 22.3 Å². The normalized spacial score (nSPS) is 12.0. The first-order valence-corrected chi connectivity index (χ1v) is 12.3. The predicted octanol–water partition coefficient (Wildman–Crippen LogP) is 3.44. The Kier molecular flexibility index (Phi) is 6.93. The number of anilines is 1. The smallest absolute Gasteiger partial charge is 0.242 e. The van der Waals surface area contributed by atoms with Crippen molar-refractivity contribution in [3.8, 4) is 0 Å². The molecular weight excluding hydrogens is 428 g/mol. The van der Waals surface area contributed by atoms with E-state index in [0.717, 1.165) is 33.8 Å². The van der Waals surface area contributed by atoms with Crippen LogP contribution in [-0.4, -0.2) is 53.1 Å². The summed E-state index contributed by atoms with van der Waals surface area (Å²) in [6, 6.07) is 5.13. The molecule has 11 heteroatoms. The van der Waals surface area contributed by atoms with Crippen molar-refractivity contribution < 1.29 is 8.42 Å². The van der Waals surface area contributed by atoms with E-state index in [0.29, 0.717) is 17.8 Å². The van der Waals surface area contributed by atoms with Crippen LogP contribution in [0.4, 0.5) is 5.13 Å². The summed E-state index contributed by atoms with van der Waals surface area (Å²) in [5.41, 5.74) is 1.62.